The number of ether oxygens (including phenoxy) is 2. The van der Waals surface area contributed by atoms with E-state index in [2.05, 4.69) is 0 Å². The fourth-order valence-electron chi connectivity index (χ4n) is 2.95. The van der Waals surface area contributed by atoms with Crippen molar-refractivity contribution in [3.63, 3.8) is 0 Å². The largest absolute Gasteiger partial charge is 0.466 e. The van der Waals surface area contributed by atoms with E-state index in [9.17, 15) is 9.59 Å². The molecule has 5 nitrogen and oxygen atoms in total. The first-order chi connectivity index (χ1) is 10.1. The summed E-state index contributed by atoms with van der Waals surface area (Å²) in [6.07, 6.45) is 0.644. The van der Waals surface area contributed by atoms with E-state index in [1.54, 1.807) is 11.8 Å². The topological polar surface area (TPSA) is 55.8 Å². The number of fused-ring (bicyclic) bond motifs is 1. The van der Waals surface area contributed by atoms with Crippen LogP contribution in [0.3, 0.4) is 0 Å². The van der Waals surface area contributed by atoms with Gasteiger partial charge in [-0.3, -0.25) is 9.69 Å². The number of para-hydroxylation sites is 1. The first-order valence-electron chi connectivity index (χ1n) is 7.21. The number of rotatable bonds is 4. The smallest absolute Gasteiger partial charge is 0.414 e. The van der Waals surface area contributed by atoms with Gasteiger partial charge in [0.1, 0.15) is 0 Å². The summed E-state index contributed by atoms with van der Waals surface area (Å²) in [4.78, 5) is 25.2. The van der Waals surface area contributed by atoms with E-state index in [4.69, 9.17) is 9.47 Å². The van der Waals surface area contributed by atoms with Crippen LogP contribution in [0.4, 0.5) is 10.5 Å². The molecule has 0 spiro atoms. The number of anilines is 1. The molecule has 114 valence electrons. The van der Waals surface area contributed by atoms with Gasteiger partial charge in [-0.1, -0.05) is 18.2 Å². The third-order valence-electron chi connectivity index (χ3n) is 3.92. The van der Waals surface area contributed by atoms with Crippen LogP contribution in [-0.2, 0) is 14.3 Å². The fraction of sp³-hybridized carbons (Fsp3) is 0.500. The van der Waals surface area contributed by atoms with Crippen molar-refractivity contribution in [1.82, 2.24) is 0 Å². The average Bonchev–Trinajstić information content (AvgIpc) is 2.76. The third-order valence-corrected chi connectivity index (χ3v) is 3.92. The normalized spacial score (nSPS) is 20.0. The summed E-state index contributed by atoms with van der Waals surface area (Å²) in [5.74, 6) is -0.0802. The summed E-state index contributed by atoms with van der Waals surface area (Å²) in [7, 11) is 1.38. The van der Waals surface area contributed by atoms with Crippen LogP contribution in [0, 0.1) is 0 Å². The van der Waals surface area contributed by atoms with Gasteiger partial charge >= 0.3 is 12.1 Å². The van der Waals surface area contributed by atoms with E-state index in [1.165, 1.54) is 7.11 Å². The summed E-state index contributed by atoms with van der Waals surface area (Å²) in [6.45, 7) is 4.17. The lowest BCUT2D eigenvalue weighted by molar-refractivity contribution is -0.143. The molecule has 0 radical (unpaired) electrons. The number of esters is 1. The Kier molecular flexibility index (Phi) is 4.83. The van der Waals surface area contributed by atoms with Gasteiger partial charge in [-0.2, -0.15) is 0 Å². The molecule has 1 aromatic rings. The number of hydrogen-bond acceptors (Lipinski definition) is 4. The third kappa shape index (κ3) is 3.01. The number of carbonyl (C=O) groups is 2. The van der Waals surface area contributed by atoms with E-state index >= 15 is 0 Å². The zero-order chi connectivity index (χ0) is 15.4. The molecule has 0 unspecified atom stereocenters. The lowest BCUT2D eigenvalue weighted by atomic mass is 9.91. The fourth-order valence-corrected chi connectivity index (χ4v) is 2.95. The Balaban J connectivity index is 2.19. The predicted octanol–water partition coefficient (Wildman–Crippen LogP) is 3.09. The zero-order valence-corrected chi connectivity index (χ0v) is 12.7. The van der Waals surface area contributed by atoms with E-state index in [0.29, 0.717) is 19.4 Å². The molecule has 0 N–H and O–H groups in total. The van der Waals surface area contributed by atoms with Crippen LogP contribution in [0.15, 0.2) is 24.3 Å². The molecule has 0 aromatic heterocycles. The van der Waals surface area contributed by atoms with Gasteiger partial charge in [-0.15, -0.1) is 0 Å². The number of hydrogen-bond donors (Lipinski definition) is 0. The molecule has 21 heavy (non-hydrogen) atoms. The Morgan fingerprint density at radius 1 is 1.29 bits per heavy atom. The highest BCUT2D eigenvalue weighted by Crippen LogP contribution is 2.43. The van der Waals surface area contributed by atoms with Crippen LogP contribution in [-0.4, -0.2) is 31.8 Å². The maximum absolute atomic E-state index is 12.0. The van der Waals surface area contributed by atoms with Crippen LogP contribution in [0.2, 0.25) is 0 Å². The first kappa shape index (κ1) is 15.4. The molecule has 1 aliphatic heterocycles. The Labute approximate surface area is 124 Å². The second-order valence-electron chi connectivity index (χ2n) is 5.09. The molecule has 1 aromatic carbocycles. The molecule has 2 atom stereocenters. The standard InChI is InChI=1S/C16H21NO4/c1-4-21-15(18)10-9-12-11(2)17(16(19)20-3)14-8-6-5-7-13(12)14/h5-8,11-12H,4,9-10H2,1-3H3/t11-,12-/m1/s1. The van der Waals surface area contributed by atoms with Crippen molar-refractivity contribution in [3.8, 4) is 0 Å². The maximum atomic E-state index is 12.0. The van der Waals surface area contributed by atoms with Crippen LogP contribution in [0.1, 0.15) is 38.2 Å². The van der Waals surface area contributed by atoms with Crippen LogP contribution in [0.25, 0.3) is 0 Å². The van der Waals surface area contributed by atoms with Crippen LogP contribution < -0.4 is 4.90 Å². The Hall–Kier alpha value is -2.04. The summed E-state index contributed by atoms with van der Waals surface area (Å²) >= 11 is 0. The van der Waals surface area contributed by atoms with Crippen molar-refractivity contribution in [3.05, 3.63) is 29.8 Å². The summed E-state index contributed by atoms with van der Waals surface area (Å²) in [6, 6.07) is 7.72. The molecule has 5 heteroatoms. The van der Waals surface area contributed by atoms with E-state index in [1.807, 2.05) is 31.2 Å². The van der Waals surface area contributed by atoms with Crippen molar-refractivity contribution >= 4 is 17.7 Å². The molecular formula is C16H21NO4. The Bertz CT molecular complexity index is 529. The van der Waals surface area contributed by atoms with Gasteiger partial charge in [0.15, 0.2) is 0 Å². The van der Waals surface area contributed by atoms with Gasteiger partial charge in [-0.05, 0) is 31.9 Å². The minimum atomic E-state index is -0.367. The molecule has 0 aliphatic carbocycles. The monoisotopic (exact) mass is 291 g/mol. The average molecular weight is 291 g/mol. The molecular weight excluding hydrogens is 270 g/mol. The molecule has 2 rings (SSSR count). The van der Waals surface area contributed by atoms with Gasteiger partial charge in [0.25, 0.3) is 0 Å². The van der Waals surface area contributed by atoms with Crippen LogP contribution in [0.5, 0.6) is 0 Å². The quantitative estimate of drug-likeness (QED) is 0.800. The second kappa shape index (κ2) is 6.61. The molecule has 0 bridgehead atoms. The molecule has 1 aliphatic rings. The molecule has 0 saturated carbocycles. The minimum Gasteiger partial charge on any atom is -0.466 e. The minimum absolute atomic E-state index is 0.0377. The molecule has 1 amide bonds. The van der Waals surface area contributed by atoms with Crippen molar-refractivity contribution in [2.24, 2.45) is 0 Å². The van der Waals surface area contributed by atoms with Gasteiger partial charge in [0, 0.05) is 18.4 Å². The number of benzene rings is 1. The van der Waals surface area contributed by atoms with E-state index < -0.39 is 0 Å². The zero-order valence-electron chi connectivity index (χ0n) is 12.7. The number of amides is 1. The van der Waals surface area contributed by atoms with Gasteiger partial charge < -0.3 is 9.47 Å². The SMILES string of the molecule is CCOC(=O)CC[C@H]1c2ccccc2N(C(=O)OC)[C@@H]1C. The van der Waals surface area contributed by atoms with Crippen molar-refractivity contribution < 1.29 is 19.1 Å². The highest BCUT2D eigenvalue weighted by atomic mass is 16.5. The highest BCUT2D eigenvalue weighted by molar-refractivity contribution is 5.91. The van der Waals surface area contributed by atoms with Gasteiger partial charge in [-0.25, -0.2) is 4.79 Å². The van der Waals surface area contributed by atoms with Crippen molar-refractivity contribution in [1.29, 1.82) is 0 Å². The maximum Gasteiger partial charge on any atom is 0.414 e. The number of carbonyl (C=O) groups excluding carboxylic acids is 2. The van der Waals surface area contributed by atoms with E-state index in [-0.39, 0.29) is 24.0 Å². The van der Waals surface area contributed by atoms with E-state index in [0.717, 1.165) is 11.3 Å². The molecule has 0 fully saturated rings. The lowest BCUT2D eigenvalue weighted by Crippen LogP contribution is -2.37. The first-order valence-corrected chi connectivity index (χ1v) is 7.21. The Morgan fingerprint density at radius 3 is 2.67 bits per heavy atom. The molecule has 1 heterocycles. The lowest BCUT2D eigenvalue weighted by Gasteiger charge is -2.24. The Morgan fingerprint density at radius 2 is 2.00 bits per heavy atom. The van der Waals surface area contributed by atoms with Crippen LogP contribution >= 0.6 is 0 Å². The molecule has 0 saturated heterocycles. The van der Waals surface area contributed by atoms with Gasteiger partial charge in [0.2, 0.25) is 0 Å². The summed E-state index contributed by atoms with van der Waals surface area (Å²) < 4.78 is 9.85. The predicted molar refractivity (Wildman–Crippen MR) is 79.4 cm³/mol. The summed E-state index contributed by atoms with van der Waals surface area (Å²) in [5.41, 5.74) is 1.95. The van der Waals surface area contributed by atoms with Crippen molar-refractivity contribution in [2.75, 3.05) is 18.6 Å². The number of nitrogens with zero attached hydrogens (tertiary/aromatic N) is 1. The van der Waals surface area contributed by atoms with Gasteiger partial charge in [0.05, 0.1) is 19.4 Å². The van der Waals surface area contributed by atoms with Crippen molar-refractivity contribution in [2.45, 2.75) is 38.6 Å². The highest BCUT2D eigenvalue weighted by Gasteiger charge is 2.39. The second-order valence-corrected chi connectivity index (χ2v) is 5.09. The number of methoxy groups -OCH3 is 1. The summed E-state index contributed by atoms with van der Waals surface area (Å²) in [5, 5.41) is 0.